The summed E-state index contributed by atoms with van der Waals surface area (Å²) in [6.45, 7) is 8.52. The molecule has 3 nitrogen and oxygen atoms in total. The molecule has 0 amide bonds. The smallest absolute Gasteiger partial charge is 0.342 e. The lowest BCUT2D eigenvalue weighted by Crippen LogP contribution is -2.11. The molecule has 2 rings (SSSR count). The maximum absolute atomic E-state index is 12.2. The maximum atomic E-state index is 12.2. The van der Waals surface area contributed by atoms with Crippen LogP contribution in [0.25, 0.3) is 0 Å². The molecule has 0 fully saturated rings. The molecule has 1 atom stereocenters. The maximum Gasteiger partial charge on any atom is 0.342 e. The Morgan fingerprint density at radius 3 is 2.30 bits per heavy atom. The van der Waals surface area contributed by atoms with Gasteiger partial charge in [0, 0.05) is 6.42 Å². The Labute approximate surface area is 162 Å². The van der Waals surface area contributed by atoms with Crippen LogP contribution in [0.1, 0.15) is 50.5 Å². The lowest BCUT2D eigenvalue weighted by molar-refractivity contribution is -0.138. The van der Waals surface area contributed by atoms with E-state index in [1.165, 1.54) is 11.6 Å². The fraction of sp³-hybridized carbons (Fsp3) is 0.333. The molecule has 3 heteroatoms. The summed E-state index contributed by atoms with van der Waals surface area (Å²) in [4.78, 5) is 12.2. The second kappa shape index (κ2) is 9.36. The van der Waals surface area contributed by atoms with Crippen LogP contribution in [0.3, 0.4) is 0 Å². The monoisotopic (exact) mass is 364 g/mol. The number of aliphatic hydroxyl groups is 1. The Hall–Kier alpha value is -2.61. The first-order chi connectivity index (χ1) is 12.8. The molecule has 2 aromatic carbocycles. The van der Waals surface area contributed by atoms with Crippen molar-refractivity contribution in [3.05, 3.63) is 88.7 Å². The van der Waals surface area contributed by atoms with Crippen molar-refractivity contribution >= 4 is 5.97 Å². The zero-order valence-electron chi connectivity index (χ0n) is 16.5. The van der Waals surface area contributed by atoms with Gasteiger partial charge in [0.25, 0.3) is 0 Å². The molecule has 0 aromatic heterocycles. The molecule has 2 aromatic rings. The van der Waals surface area contributed by atoms with Crippen LogP contribution >= 0.6 is 0 Å². The SMILES string of the molecule is CCOC(=O)C(=C=CC(O)c1ccc(C(C)(C)C)cc1)Cc1ccccc1. The third kappa shape index (κ3) is 6.25. The minimum atomic E-state index is -0.834. The molecule has 27 heavy (non-hydrogen) atoms. The number of carbonyl (C=O) groups is 1. The minimum absolute atomic E-state index is 0.0615. The number of ether oxygens (including phenoxy) is 1. The molecule has 0 saturated heterocycles. The lowest BCUT2D eigenvalue weighted by Gasteiger charge is -2.19. The summed E-state index contributed by atoms with van der Waals surface area (Å²) in [5.74, 6) is -0.409. The zero-order chi connectivity index (χ0) is 19.9. The molecular weight excluding hydrogens is 336 g/mol. The van der Waals surface area contributed by atoms with Crippen molar-refractivity contribution < 1.29 is 14.6 Å². The van der Waals surface area contributed by atoms with Crippen molar-refractivity contribution in [2.24, 2.45) is 0 Å². The first kappa shape index (κ1) is 20.7. The summed E-state index contributed by atoms with van der Waals surface area (Å²) >= 11 is 0. The van der Waals surface area contributed by atoms with Gasteiger partial charge in [-0.25, -0.2) is 4.79 Å². The molecular formula is C24H28O3. The highest BCUT2D eigenvalue weighted by Crippen LogP contribution is 2.24. The van der Waals surface area contributed by atoms with E-state index >= 15 is 0 Å². The highest BCUT2D eigenvalue weighted by Gasteiger charge is 2.14. The first-order valence-electron chi connectivity index (χ1n) is 9.26. The molecule has 142 valence electrons. The van der Waals surface area contributed by atoms with Crippen LogP contribution < -0.4 is 0 Å². The highest BCUT2D eigenvalue weighted by molar-refractivity contribution is 5.88. The second-order valence-corrected chi connectivity index (χ2v) is 7.49. The van der Waals surface area contributed by atoms with E-state index in [1.54, 1.807) is 6.92 Å². The Morgan fingerprint density at radius 1 is 1.11 bits per heavy atom. The predicted molar refractivity (Wildman–Crippen MR) is 108 cm³/mol. The van der Waals surface area contributed by atoms with Gasteiger partial charge >= 0.3 is 5.97 Å². The third-order valence-electron chi connectivity index (χ3n) is 4.28. The Balaban J connectivity index is 2.25. The summed E-state index contributed by atoms with van der Waals surface area (Å²) in [6.07, 6.45) is 1.09. The summed E-state index contributed by atoms with van der Waals surface area (Å²) in [5, 5.41) is 10.5. The van der Waals surface area contributed by atoms with Crippen LogP contribution in [0.4, 0.5) is 0 Å². The number of carbonyl (C=O) groups excluding carboxylic acids is 1. The normalized spacial score (nSPS) is 12.0. The average Bonchev–Trinajstić information content (AvgIpc) is 2.65. The molecule has 0 heterocycles. The highest BCUT2D eigenvalue weighted by atomic mass is 16.5. The minimum Gasteiger partial charge on any atom is -0.462 e. The van der Waals surface area contributed by atoms with Gasteiger partial charge in [-0.2, -0.15) is 0 Å². The molecule has 0 spiro atoms. The second-order valence-electron chi connectivity index (χ2n) is 7.49. The van der Waals surface area contributed by atoms with Crippen molar-refractivity contribution in [1.82, 2.24) is 0 Å². The number of hydrogen-bond acceptors (Lipinski definition) is 3. The van der Waals surface area contributed by atoms with Gasteiger partial charge in [0.2, 0.25) is 0 Å². The Morgan fingerprint density at radius 2 is 1.74 bits per heavy atom. The summed E-state index contributed by atoms with van der Waals surface area (Å²) in [5.41, 5.74) is 6.38. The van der Waals surface area contributed by atoms with Crippen molar-refractivity contribution in [2.75, 3.05) is 6.61 Å². The van der Waals surface area contributed by atoms with Gasteiger partial charge in [-0.05, 0) is 35.1 Å². The van der Waals surface area contributed by atoms with Crippen LogP contribution in [-0.2, 0) is 21.4 Å². The fourth-order valence-corrected chi connectivity index (χ4v) is 2.66. The van der Waals surface area contributed by atoms with Crippen LogP contribution in [-0.4, -0.2) is 17.7 Å². The topological polar surface area (TPSA) is 46.5 Å². The van der Waals surface area contributed by atoms with Crippen molar-refractivity contribution in [2.45, 2.75) is 45.6 Å². The molecule has 0 saturated carbocycles. The van der Waals surface area contributed by atoms with E-state index in [4.69, 9.17) is 4.74 Å². The molecule has 1 N–H and O–H groups in total. The van der Waals surface area contributed by atoms with Gasteiger partial charge in [-0.15, -0.1) is 5.73 Å². The quantitative estimate of drug-likeness (QED) is 0.450. The van der Waals surface area contributed by atoms with Gasteiger partial charge in [0.05, 0.1) is 12.2 Å². The van der Waals surface area contributed by atoms with Gasteiger partial charge in [-0.3, -0.25) is 0 Å². The number of esters is 1. The van der Waals surface area contributed by atoms with E-state index in [2.05, 4.69) is 26.5 Å². The Kier molecular flexibility index (Phi) is 7.18. The molecule has 0 radical (unpaired) electrons. The van der Waals surface area contributed by atoms with E-state index in [0.717, 1.165) is 11.1 Å². The standard InChI is InChI=1S/C24H28O3/c1-5-27-23(26)20(17-18-9-7-6-8-10-18)13-16-22(25)19-11-14-21(15-12-19)24(2,3)4/h6-12,14-16,22,25H,5,17H2,1-4H3. The van der Waals surface area contributed by atoms with Crippen molar-refractivity contribution in [1.29, 1.82) is 0 Å². The zero-order valence-corrected chi connectivity index (χ0v) is 16.5. The van der Waals surface area contributed by atoms with Crippen molar-refractivity contribution in [3.63, 3.8) is 0 Å². The third-order valence-corrected chi connectivity index (χ3v) is 4.28. The fourth-order valence-electron chi connectivity index (χ4n) is 2.66. The lowest BCUT2D eigenvalue weighted by atomic mass is 9.86. The largest absolute Gasteiger partial charge is 0.462 e. The van der Waals surface area contributed by atoms with Crippen LogP contribution in [0.2, 0.25) is 0 Å². The van der Waals surface area contributed by atoms with Gasteiger partial charge < -0.3 is 9.84 Å². The first-order valence-corrected chi connectivity index (χ1v) is 9.26. The van der Waals surface area contributed by atoms with E-state index in [9.17, 15) is 9.90 Å². The van der Waals surface area contributed by atoms with E-state index in [-0.39, 0.29) is 5.41 Å². The van der Waals surface area contributed by atoms with Gasteiger partial charge in [0.15, 0.2) is 0 Å². The van der Waals surface area contributed by atoms with E-state index < -0.39 is 12.1 Å². The van der Waals surface area contributed by atoms with Crippen LogP contribution in [0, 0.1) is 0 Å². The van der Waals surface area contributed by atoms with E-state index in [0.29, 0.717) is 18.6 Å². The van der Waals surface area contributed by atoms with Crippen molar-refractivity contribution in [3.8, 4) is 0 Å². The van der Waals surface area contributed by atoms with Crippen LogP contribution in [0.5, 0.6) is 0 Å². The Bertz CT molecular complexity index is 805. The predicted octanol–water partition coefficient (Wildman–Crippen LogP) is 4.90. The van der Waals surface area contributed by atoms with Gasteiger partial charge in [-0.1, -0.05) is 75.4 Å². The molecule has 0 aliphatic carbocycles. The van der Waals surface area contributed by atoms with E-state index in [1.807, 2.05) is 54.6 Å². The molecule has 0 bridgehead atoms. The van der Waals surface area contributed by atoms with Crippen LogP contribution in [0.15, 0.2) is 72.0 Å². The average molecular weight is 364 g/mol. The number of hydrogen-bond donors (Lipinski definition) is 1. The molecule has 0 aliphatic rings. The van der Waals surface area contributed by atoms with Gasteiger partial charge in [0.1, 0.15) is 6.10 Å². The number of rotatable bonds is 6. The summed E-state index contributed by atoms with van der Waals surface area (Å²) in [6, 6.07) is 17.5. The molecule has 0 aliphatic heterocycles. The number of aliphatic hydroxyl groups excluding tert-OH is 1. The summed E-state index contributed by atoms with van der Waals surface area (Å²) < 4.78 is 5.13. The summed E-state index contributed by atoms with van der Waals surface area (Å²) in [7, 11) is 0. The number of benzene rings is 2. The molecule has 1 unspecified atom stereocenters.